The fourth-order valence-electron chi connectivity index (χ4n) is 2.30. The molecule has 0 aliphatic carbocycles. The van der Waals surface area contributed by atoms with Crippen LogP contribution in [0.4, 0.5) is 0 Å². The fourth-order valence-corrected chi connectivity index (χ4v) is 2.99. The summed E-state index contributed by atoms with van der Waals surface area (Å²) in [6.07, 6.45) is 1.99. The molecule has 1 saturated heterocycles. The third-order valence-electron chi connectivity index (χ3n) is 3.20. The Balaban J connectivity index is 2.15. The lowest BCUT2D eigenvalue weighted by molar-refractivity contribution is 0.0530. The van der Waals surface area contributed by atoms with Gasteiger partial charge in [-0.05, 0) is 20.8 Å². The maximum Gasteiger partial charge on any atom is 0.0794 e. The van der Waals surface area contributed by atoms with Crippen molar-refractivity contribution < 1.29 is 0 Å². The number of aromatic nitrogens is 1. The highest BCUT2D eigenvalue weighted by molar-refractivity contribution is 7.09. The van der Waals surface area contributed by atoms with Crippen molar-refractivity contribution in [2.75, 3.05) is 19.6 Å². The lowest BCUT2D eigenvalue weighted by Gasteiger charge is -2.46. The Bertz CT molecular complexity index is 308. The zero-order valence-corrected chi connectivity index (χ0v) is 10.5. The lowest BCUT2D eigenvalue weighted by atomic mass is 9.97. The van der Waals surface area contributed by atoms with E-state index >= 15 is 0 Å². The van der Waals surface area contributed by atoms with Crippen LogP contribution < -0.4 is 5.32 Å². The van der Waals surface area contributed by atoms with Crippen LogP contribution in [0, 0.1) is 0 Å². The summed E-state index contributed by atoms with van der Waals surface area (Å²) >= 11 is 1.75. The SMILES string of the molecule is CC(c1cncs1)N1CCNCC1(C)C. The Labute approximate surface area is 95.5 Å². The molecule has 4 heteroatoms. The molecule has 0 amide bonds. The topological polar surface area (TPSA) is 28.2 Å². The number of hydrogen-bond donors (Lipinski definition) is 1. The molecule has 1 fully saturated rings. The molecule has 1 aliphatic rings. The maximum atomic E-state index is 4.16. The summed E-state index contributed by atoms with van der Waals surface area (Å²) in [6, 6.07) is 0.481. The molecule has 0 radical (unpaired) electrons. The van der Waals surface area contributed by atoms with E-state index in [4.69, 9.17) is 0 Å². The van der Waals surface area contributed by atoms with Crippen molar-refractivity contribution in [3.05, 3.63) is 16.6 Å². The van der Waals surface area contributed by atoms with E-state index in [1.807, 2.05) is 11.7 Å². The van der Waals surface area contributed by atoms with Crippen LogP contribution in [0.15, 0.2) is 11.7 Å². The highest BCUT2D eigenvalue weighted by atomic mass is 32.1. The Morgan fingerprint density at radius 3 is 3.00 bits per heavy atom. The number of nitrogens with one attached hydrogen (secondary N) is 1. The van der Waals surface area contributed by atoms with Gasteiger partial charge in [0.15, 0.2) is 0 Å². The molecule has 84 valence electrons. The summed E-state index contributed by atoms with van der Waals surface area (Å²) < 4.78 is 0. The first-order valence-electron chi connectivity index (χ1n) is 5.47. The molecule has 0 bridgehead atoms. The number of piperazine rings is 1. The number of nitrogens with zero attached hydrogens (tertiary/aromatic N) is 2. The molecule has 1 aromatic heterocycles. The second-order valence-corrected chi connectivity index (χ2v) is 5.68. The van der Waals surface area contributed by atoms with E-state index in [0.29, 0.717) is 6.04 Å². The van der Waals surface area contributed by atoms with Gasteiger partial charge in [0.1, 0.15) is 0 Å². The molecule has 2 heterocycles. The average Bonchev–Trinajstić information content (AvgIpc) is 2.69. The van der Waals surface area contributed by atoms with Gasteiger partial charge in [-0.1, -0.05) is 0 Å². The number of rotatable bonds is 2. The number of thiazole rings is 1. The van der Waals surface area contributed by atoms with E-state index < -0.39 is 0 Å². The second kappa shape index (κ2) is 4.20. The van der Waals surface area contributed by atoms with Crippen LogP contribution in [0.3, 0.4) is 0 Å². The smallest absolute Gasteiger partial charge is 0.0794 e. The first kappa shape index (κ1) is 11.0. The standard InChI is InChI=1S/C11H19N3S/c1-9(10-6-13-8-15-10)14-5-4-12-7-11(14,2)3/h6,8-9,12H,4-5,7H2,1-3H3. The minimum absolute atomic E-state index is 0.238. The van der Waals surface area contributed by atoms with Crippen molar-refractivity contribution >= 4 is 11.3 Å². The predicted molar refractivity (Wildman–Crippen MR) is 64.2 cm³/mol. The van der Waals surface area contributed by atoms with Gasteiger partial charge >= 0.3 is 0 Å². The lowest BCUT2D eigenvalue weighted by Crippen LogP contribution is -2.58. The first-order valence-corrected chi connectivity index (χ1v) is 6.35. The molecular formula is C11H19N3S. The summed E-state index contributed by atoms with van der Waals surface area (Å²) in [6.45, 7) is 10.2. The van der Waals surface area contributed by atoms with Crippen LogP contribution in [-0.2, 0) is 0 Å². The monoisotopic (exact) mass is 225 g/mol. The third-order valence-corrected chi connectivity index (χ3v) is 4.14. The van der Waals surface area contributed by atoms with Gasteiger partial charge in [-0.3, -0.25) is 9.88 Å². The fraction of sp³-hybridized carbons (Fsp3) is 0.727. The van der Waals surface area contributed by atoms with Gasteiger partial charge in [0, 0.05) is 42.3 Å². The Morgan fingerprint density at radius 2 is 2.40 bits per heavy atom. The quantitative estimate of drug-likeness (QED) is 0.833. The molecule has 1 unspecified atom stereocenters. The van der Waals surface area contributed by atoms with E-state index in [2.05, 4.69) is 36.0 Å². The largest absolute Gasteiger partial charge is 0.314 e. The second-order valence-electron chi connectivity index (χ2n) is 4.76. The zero-order valence-electron chi connectivity index (χ0n) is 9.66. The van der Waals surface area contributed by atoms with E-state index in [-0.39, 0.29) is 5.54 Å². The van der Waals surface area contributed by atoms with Crippen molar-refractivity contribution in [2.24, 2.45) is 0 Å². The van der Waals surface area contributed by atoms with E-state index in [0.717, 1.165) is 19.6 Å². The molecule has 0 spiro atoms. The van der Waals surface area contributed by atoms with Crippen molar-refractivity contribution in [3.8, 4) is 0 Å². The van der Waals surface area contributed by atoms with E-state index in [1.165, 1.54) is 4.88 Å². The third kappa shape index (κ3) is 2.22. The molecule has 1 N–H and O–H groups in total. The van der Waals surface area contributed by atoms with Crippen molar-refractivity contribution in [1.29, 1.82) is 0 Å². The van der Waals surface area contributed by atoms with Crippen molar-refractivity contribution in [3.63, 3.8) is 0 Å². The van der Waals surface area contributed by atoms with Crippen LogP contribution in [0.2, 0.25) is 0 Å². The van der Waals surface area contributed by atoms with Gasteiger partial charge in [0.05, 0.1) is 5.51 Å². The number of hydrogen-bond acceptors (Lipinski definition) is 4. The normalized spacial score (nSPS) is 23.9. The molecule has 0 aromatic carbocycles. The van der Waals surface area contributed by atoms with Gasteiger partial charge in [0.25, 0.3) is 0 Å². The molecule has 1 aliphatic heterocycles. The Morgan fingerprint density at radius 1 is 1.60 bits per heavy atom. The van der Waals surface area contributed by atoms with Gasteiger partial charge in [0.2, 0.25) is 0 Å². The van der Waals surface area contributed by atoms with E-state index in [9.17, 15) is 0 Å². The van der Waals surface area contributed by atoms with Crippen LogP contribution >= 0.6 is 11.3 Å². The van der Waals surface area contributed by atoms with Crippen molar-refractivity contribution in [2.45, 2.75) is 32.4 Å². The minimum Gasteiger partial charge on any atom is -0.314 e. The van der Waals surface area contributed by atoms with Gasteiger partial charge < -0.3 is 5.32 Å². The molecule has 0 saturated carbocycles. The predicted octanol–water partition coefficient (Wildman–Crippen LogP) is 1.89. The summed E-state index contributed by atoms with van der Waals surface area (Å²) in [4.78, 5) is 8.09. The van der Waals surface area contributed by atoms with Gasteiger partial charge in [-0.25, -0.2) is 0 Å². The molecular weight excluding hydrogens is 206 g/mol. The summed E-state index contributed by atoms with van der Waals surface area (Å²) in [5.41, 5.74) is 2.16. The molecule has 2 rings (SSSR count). The average molecular weight is 225 g/mol. The van der Waals surface area contributed by atoms with Crippen LogP contribution in [0.1, 0.15) is 31.7 Å². The molecule has 15 heavy (non-hydrogen) atoms. The van der Waals surface area contributed by atoms with Crippen LogP contribution in [0.5, 0.6) is 0 Å². The highest BCUT2D eigenvalue weighted by Crippen LogP contribution is 2.30. The maximum absolute atomic E-state index is 4.16. The van der Waals surface area contributed by atoms with Crippen LogP contribution in [-0.4, -0.2) is 35.1 Å². The Hall–Kier alpha value is -0.450. The molecule has 3 nitrogen and oxygen atoms in total. The van der Waals surface area contributed by atoms with Gasteiger partial charge in [-0.15, -0.1) is 11.3 Å². The first-order chi connectivity index (χ1) is 7.11. The summed E-state index contributed by atoms with van der Waals surface area (Å²) in [5.74, 6) is 0. The molecule has 1 atom stereocenters. The van der Waals surface area contributed by atoms with Crippen molar-refractivity contribution in [1.82, 2.24) is 15.2 Å². The molecule has 1 aromatic rings. The summed E-state index contributed by atoms with van der Waals surface area (Å²) in [5, 5.41) is 3.45. The summed E-state index contributed by atoms with van der Waals surface area (Å²) in [7, 11) is 0. The minimum atomic E-state index is 0.238. The van der Waals surface area contributed by atoms with Gasteiger partial charge in [-0.2, -0.15) is 0 Å². The Kier molecular flexibility index (Phi) is 3.09. The van der Waals surface area contributed by atoms with E-state index in [1.54, 1.807) is 11.3 Å². The van der Waals surface area contributed by atoms with Crippen LogP contribution in [0.25, 0.3) is 0 Å². The highest BCUT2D eigenvalue weighted by Gasteiger charge is 2.33. The zero-order chi connectivity index (χ0) is 10.9.